The average molecular weight is 364 g/mol. The Bertz CT molecular complexity index is 640. The molecule has 2 heterocycles. The van der Waals surface area contributed by atoms with E-state index < -0.39 is 23.5 Å². The third kappa shape index (κ3) is 5.49. The maximum absolute atomic E-state index is 12.6. The highest BCUT2D eigenvalue weighted by atomic mass is 32.1. The van der Waals surface area contributed by atoms with Crippen LogP contribution in [0.25, 0.3) is 0 Å². The van der Waals surface area contributed by atoms with E-state index in [-0.39, 0.29) is 30.4 Å². The van der Waals surface area contributed by atoms with Crippen molar-refractivity contribution in [1.29, 1.82) is 0 Å². The van der Waals surface area contributed by atoms with E-state index in [1.807, 2.05) is 31.4 Å². The maximum atomic E-state index is 12.6. The molecule has 2 N–H and O–H groups in total. The summed E-state index contributed by atoms with van der Waals surface area (Å²) in [6.07, 6.45) is 0.619. The Morgan fingerprint density at radius 2 is 2.12 bits per heavy atom. The normalized spacial score (nSPS) is 18.8. The van der Waals surface area contributed by atoms with Gasteiger partial charge < -0.3 is 10.6 Å². The molecular weight excluding hydrogens is 340 g/mol. The fourth-order valence-electron chi connectivity index (χ4n) is 2.94. The Balaban J connectivity index is 1.90. The standard InChI is InChI=1S/C18H24N2O4S/c1-11(2)14(9-16(22)20-10-13-4-3-7-25-13)15(21)8-12-5-6-19-18(24)17(12)23/h3-4,7,11-12,14H,5-6,8-10H2,1-2H3,(H,19,24)(H,20,22). The molecule has 1 aromatic rings. The molecule has 1 aliphatic heterocycles. The van der Waals surface area contributed by atoms with Crippen LogP contribution in [0, 0.1) is 17.8 Å². The lowest BCUT2D eigenvalue weighted by Crippen LogP contribution is -2.44. The van der Waals surface area contributed by atoms with E-state index in [1.165, 1.54) is 0 Å². The predicted octanol–water partition coefficient (Wildman–Crippen LogP) is 1.69. The molecule has 25 heavy (non-hydrogen) atoms. The van der Waals surface area contributed by atoms with E-state index >= 15 is 0 Å². The molecule has 1 aromatic heterocycles. The smallest absolute Gasteiger partial charge is 0.287 e. The van der Waals surface area contributed by atoms with Crippen molar-refractivity contribution in [3.8, 4) is 0 Å². The molecule has 2 rings (SSSR count). The van der Waals surface area contributed by atoms with E-state index in [2.05, 4.69) is 10.6 Å². The second kappa shape index (κ2) is 8.89. The lowest BCUT2D eigenvalue weighted by molar-refractivity contribution is -0.143. The number of amides is 2. The largest absolute Gasteiger partial charge is 0.351 e. The molecule has 1 aliphatic rings. The zero-order chi connectivity index (χ0) is 18.4. The molecule has 0 saturated carbocycles. The molecule has 0 aromatic carbocycles. The summed E-state index contributed by atoms with van der Waals surface area (Å²) < 4.78 is 0. The second-order valence-corrected chi connectivity index (χ2v) is 7.72. The molecule has 0 spiro atoms. The van der Waals surface area contributed by atoms with Crippen LogP contribution in [0.3, 0.4) is 0 Å². The molecule has 2 unspecified atom stereocenters. The monoisotopic (exact) mass is 364 g/mol. The molecule has 6 nitrogen and oxygen atoms in total. The zero-order valence-electron chi connectivity index (χ0n) is 14.5. The van der Waals surface area contributed by atoms with Crippen LogP contribution in [0.4, 0.5) is 0 Å². The van der Waals surface area contributed by atoms with Gasteiger partial charge in [-0.15, -0.1) is 11.3 Å². The number of nitrogens with one attached hydrogen (secondary N) is 2. The fraction of sp³-hybridized carbons (Fsp3) is 0.556. The van der Waals surface area contributed by atoms with Gasteiger partial charge in [0, 0.05) is 36.1 Å². The van der Waals surface area contributed by atoms with Crippen LogP contribution in [-0.4, -0.2) is 29.9 Å². The van der Waals surface area contributed by atoms with Gasteiger partial charge in [0.05, 0.1) is 6.54 Å². The van der Waals surface area contributed by atoms with Crippen LogP contribution in [0.1, 0.15) is 38.0 Å². The Labute approximate surface area is 151 Å². The first kappa shape index (κ1) is 19.3. The van der Waals surface area contributed by atoms with E-state index in [1.54, 1.807) is 11.3 Å². The number of carbonyl (C=O) groups excluding carboxylic acids is 4. The van der Waals surface area contributed by atoms with Crippen LogP contribution in [0.2, 0.25) is 0 Å². The van der Waals surface area contributed by atoms with Crippen LogP contribution in [0.15, 0.2) is 17.5 Å². The summed E-state index contributed by atoms with van der Waals surface area (Å²) >= 11 is 1.56. The van der Waals surface area contributed by atoms with Crippen LogP contribution >= 0.6 is 11.3 Å². The minimum absolute atomic E-state index is 0.00694. The van der Waals surface area contributed by atoms with Crippen molar-refractivity contribution in [3.63, 3.8) is 0 Å². The summed E-state index contributed by atoms with van der Waals surface area (Å²) in [6, 6.07) is 3.86. The Morgan fingerprint density at radius 1 is 1.36 bits per heavy atom. The van der Waals surface area contributed by atoms with Gasteiger partial charge in [-0.3, -0.25) is 19.2 Å². The summed E-state index contributed by atoms with van der Waals surface area (Å²) in [5, 5.41) is 7.26. The average Bonchev–Trinajstić information content (AvgIpc) is 3.08. The van der Waals surface area contributed by atoms with Crippen molar-refractivity contribution in [2.45, 2.75) is 39.7 Å². The molecule has 7 heteroatoms. The quantitative estimate of drug-likeness (QED) is 0.687. The van der Waals surface area contributed by atoms with Gasteiger partial charge in [-0.25, -0.2) is 0 Å². The minimum Gasteiger partial charge on any atom is -0.351 e. The minimum atomic E-state index is -0.612. The highest BCUT2D eigenvalue weighted by molar-refractivity contribution is 7.09. The summed E-state index contributed by atoms with van der Waals surface area (Å²) in [5.41, 5.74) is 0. The molecule has 2 amide bonds. The van der Waals surface area contributed by atoms with Crippen LogP contribution in [0.5, 0.6) is 0 Å². The van der Waals surface area contributed by atoms with Gasteiger partial charge in [0.25, 0.3) is 5.91 Å². The predicted molar refractivity (Wildman–Crippen MR) is 94.9 cm³/mol. The highest BCUT2D eigenvalue weighted by Crippen LogP contribution is 2.23. The molecule has 1 fully saturated rings. The summed E-state index contributed by atoms with van der Waals surface area (Å²) in [4.78, 5) is 49.1. The first-order valence-corrected chi connectivity index (χ1v) is 9.40. The van der Waals surface area contributed by atoms with Crippen LogP contribution < -0.4 is 10.6 Å². The number of ketones is 2. The molecule has 136 valence electrons. The van der Waals surface area contributed by atoms with E-state index in [0.29, 0.717) is 19.5 Å². The van der Waals surface area contributed by atoms with E-state index in [4.69, 9.17) is 0 Å². The third-order valence-electron chi connectivity index (χ3n) is 4.48. The van der Waals surface area contributed by atoms with Gasteiger partial charge in [-0.2, -0.15) is 0 Å². The third-order valence-corrected chi connectivity index (χ3v) is 5.36. The topological polar surface area (TPSA) is 92.3 Å². The maximum Gasteiger partial charge on any atom is 0.287 e. The van der Waals surface area contributed by atoms with Gasteiger partial charge in [0.1, 0.15) is 5.78 Å². The number of rotatable bonds is 8. The number of hydrogen-bond acceptors (Lipinski definition) is 5. The summed E-state index contributed by atoms with van der Waals surface area (Å²) in [7, 11) is 0. The Hall–Kier alpha value is -2.02. The molecule has 0 bridgehead atoms. The lowest BCUT2D eigenvalue weighted by atomic mass is 9.81. The summed E-state index contributed by atoms with van der Waals surface area (Å²) in [5.74, 6) is -2.43. The Kier molecular flexibility index (Phi) is 6.87. The number of hydrogen-bond donors (Lipinski definition) is 2. The number of thiophene rings is 1. The molecule has 0 radical (unpaired) electrons. The first-order valence-electron chi connectivity index (χ1n) is 8.52. The van der Waals surface area contributed by atoms with Crippen molar-refractivity contribution < 1.29 is 19.2 Å². The van der Waals surface area contributed by atoms with Crippen LogP contribution in [-0.2, 0) is 25.7 Å². The molecular formula is C18H24N2O4S. The van der Waals surface area contributed by atoms with E-state index in [0.717, 1.165) is 4.88 Å². The SMILES string of the molecule is CC(C)C(CC(=O)NCc1cccs1)C(=O)CC1CCNC(=O)C1=O. The molecule has 2 atom stereocenters. The van der Waals surface area contributed by atoms with Gasteiger partial charge >= 0.3 is 0 Å². The van der Waals surface area contributed by atoms with Crippen molar-refractivity contribution in [2.24, 2.45) is 17.8 Å². The van der Waals surface area contributed by atoms with Crippen molar-refractivity contribution >= 4 is 34.7 Å². The summed E-state index contributed by atoms with van der Waals surface area (Å²) in [6.45, 7) is 4.65. The first-order chi connectivity index (χ1) is 11.9. The van der Waals surface area contributed by atoms with Gasteiger partial charge in [-0.05, 0) is 23.8 Å². The molecule has 0 aliphatic carbocycles. The zero-order valence-corrected chi connectivity index (χ0v) is 15.4. The van der Waals surface area contributed by atoms with Crippen molar-refractivity contribution in [3.05, 3.63) is 22.4 Å². The fourth-order valence-corrected chi connectivity index (χ4v) is 3.59. The number of carbonyl (C=O) groups is 4. The van der Waals surface area contributed by atoms with Gasteiger partial charge in [0.15, 0.2) is 0 Å². The van der Waals surface area contributed by atoms with Gasteiger partial charge in [0.2, 0.25) is 11.7 Å². The van der Waals surface area contributed by atoms with Crippen molar-refractivity contribution in [2.75, 3.05) is 6.54 Å². The second-order valence-electron chi connectivity index (χ2n) is 6.69. The van der Waals surface area contributed by atoms with Crippen molar-refractivity contribution in [1.82, 2.24) is 10.6 Å². The molecule has 1 saturated heterocycles. The lowest BCUT2D eigenvalue weighted by Gasteiger charge is -2.24. The highest BCUT2D eigenvalue weighted by Gasteiger charge is 2.34. The van der Waals surface area contributed by atoms with Gasteiger partial charge in [-0.1, -0.05) is 19.9 Å². The number of piperidine rings is 1. The Morgan fingerprint density at radius 3 is 2.76 bits per heavy atom. The number of Topliss-reactive ketones (excluding diaryl/α,β-unsaturated/α-hetero) is 2. The van der Waals surface area contributed by atoms with E-state index in [9.17, 15) is 19.2 Å².